The van der Waals surface area contributed by atoms with Crippen LogP contribution < -0.4 is 11.3 Å². The number of nitrogens with one attached hydrogen (secondary N) is 1. The number of rotatable bonds is 6. The fourth-order valence-electron chi connectivity index (χ4n) is 2.37. The summed E-state index contributed by atoms with van der Waals surface area (Å²) in [5.74, 6) is 5.77. The minimum atomic E-state index is 0.0741. The molecule has 0 saturated carbocycles. The second-order valence-electron chi connectivity index (χ2n) is 4.85. The van der Waals surface area contributed by atoms with Crippen molar-refractivity contribution in [3.63, 3.8) is 0 Å². The molecule has 0 amide bonds. The molecular formula is C15H20BrIN4. The van der Waals surface area contributed by atoms with Crippen molar-refractivity contribution in [3.05, 3.63) is 49.3 Å². The van der Waals surface area contributed by atoms with E-state index in [9.17, 15) is 0 Å². The zero-order valence-electron chi connectivity index (χ0n) is 12.2. The zero-order chi connectivity index (χ0) is 15.4. The van der Waals surface area contributed by atoms with Gasteiger partial charge in [0.05, 0.1) is 21.9 Å². The molecule has 0 aliphatic rings. The predicted molar refractivity (Wildman–Crippen MR) is 97.9 cm³/mol. The maximum absolute atomic E-state index is 5.77. The Morgan fingerprint density at radius 1 is 1.33 bits per heavy atom. The van der Waals surface area contributed by atoms with Crippen molar-refractivity contribution in [2.24, 2.45) is 5.84 Å². The normalized spacial score (nSPS) is 12.6. The minimum Gasteiger partial charge on any atom is -0.271 e. The largest absolute Gasteiger partial charge is 0.271 e. The molecule has 1 heterocycles. The molecule has 0 spiro atoms. The third-order valence-corrected chi connectivity index (χ3v) is 5.20. The van der Waals surface area contributed by atoms with Crippen molar-refractivity contribution in [2.75, 3.05) is 0 Å². The zero-order valence-corrected chi connectivity index (χ0v) is 16.0. The average molecular weight is 463 g/mol. The molecule has 114 valence electrons. The van der Waals surface area contributed by atoms with E-state index in [1.165, 1.54) is 14.8 Å². The molecule has 1 aromatic carbocycles. The molecule has 2 rings (SSSR count). The summed E-state index contributed by atoms with van der Waals surface area (Å²) in [7, 11) is 0. The van der Waals surface area contributed by atoms with Crippen LogP contribution in [0.25, 0.3) is 0 Å². The Morgan fingerprint density at radius 2 is 2.00 bits per heavy atom. The third kappa shape index (κ3) is 3.85. The van der Waals surface area contributed by atoms with E-state index in [1.807, 2.05) is 0 Å². The fourth-order valence-corrected chi connectivity index (χ4v) is 3.46. The van der Waals surface area contributed by atoms with Crippen LogP contribution in [0, 0.1) is 3.57 Å². The predicted octanol–water partition coefficient (Wildman–Crippen LogP) is 3.58. The summed E-state index contributed by atoms with van der Waals surface area (Å²) < 4.78 is 4.39. The molecule has 0 radical (unpaired) electrons. The van der Waals surface area contributed by atoms with Crippen LogP contribution in [0.1, 0.15) is 36.8 Å². The van der Waals surface area contributed by atoms with Gasteiger partial charge in [-0.05, 0) is 69.6 Å². The second-order valence-corrected chi connectivity index (χ2v) is 6.89. The van der Waals surface area contributed by atoms with Crippen LogP contribution in [-0.2, 0) is 19.4 Å². The number of nitrogens with two attached hydrogens (primary N) is 1. The lowest BCUT2D eigenvalue weighted by Gasteiger charge is -2.17. The average Bonchev–Trinajstić information content (AvgIpc) is 2.81. The molecule has 1 aromatic heterocycles. The summed E-state index contributed by atoms with van der Waals surface area (Å²) in [5, 5.41) is 4.64. The summed E-state index contributed by atoms with van der Waals surface area (Å²) in [6.45, 7) is 5.09. The van der Waals surface area contributed by atoms with E-state index in [0.29, 0.717) is 0 Å². The number of halogens is 2. The van der Waals surface area contributed by atoms with E-state index in [4.69, 9.17) is 5.84 Å². The summed E-state index contributed by atoms with van der Waals surface area (Å²) >= 11 is 6.00. The Balaban J connectivity index is 2.30. The van der Waals surface area contributed by atoms with Gasteiger partial charge in [0.15, 0.2) is 0 Å². The van der Waals surface area contributed by atoms with Gasteiger partial charge in [-0.1, -0.05) is 19.1 Å². The number of aromatic nitrogens is 2. The van der Waals surface area contributed by atoms with Gasteiger partial charge in [-0.25, -0.2) is 0 Å². The lowest BCUT2D eigenvalue weighted by atomic mass is 10.0. The number of nitrogens with zero attached hydrogens (tertiary/aromatic N) is 2. The standard InChI is InChI=1S/C15H20BrIN4/c1-3-12-15(16)14(21(4-2)20-12)9-13(19-18)10-5-7-11(17)8-6-10/h5-8,13,19H,3-4,9,18H2,1-2H3. The minimum absolute atomic E-state index is 0.0741. The van der Waals surface area contributed by atoms with Gasteiger partial charge in [0.25, 0.3) is 0 Å². The van der Waals surface area contributed by atoms with Crippen molar-refractivity contribution < 1.29 is 0 Å². The third-order valence-electron chi connectivity index (χ3n) is 3.57. The van der Waals surface area contributed by atoms with Crippen molar-refractivity contribution >= 4 is 38.5 Å². The fraction of sp³-hybridized carbons (Fsp3) is 0.400. The molecule has 1 atom stereocenters. The molecule has 2 aromatic rings. The lowest BCUT2D eigenvalue weighted by Crippen LogP contribution is -2.30. The number of hydrogen-bond acceptors (Lipinski definition) is 3. The molecular weight excluding hydrogens is 443 g/mol. The van der Waals surface area contributed by atoms with E-state index in [1.54, 1.807) is 0 Å². The van der Waals surface area contributed by atoms with Crippen LogP contribution in [0.2, 0.25) is 0 Å². The first-order chi connectivity index (χ1) is 10.1. The Labute approximate surface area is 147 Å². The highest BCUT2D eigenvalue weighted by atomic mass is 127. The van der Waals surface area contributed by atoms with Crippen LogP contribution in [0.15, 0.2) is 28.7 Å². The van der Waals surface area contributed by atoms with Crippen LogP contribution in [-0.4, -0.2) is 9.78 Å². The van der Waals surface area contributed by atoms with Crippen LogP contribution in [0.5, 0.6) is 0 Å². The van der Waals surface area contributed by atoms with Gasteiger partial charge in [-0.2, -0.15) is 5.10 Å². The van der Waals surface area contributed by atoms with E-state index >= 15 is 0 Å². The Kier molecular flexibility index (Phi) is 6.21. The Morgan fingerprint density at radius 3 is 2.52 bits per heavy atom. The molecule has 0 fully saturated rings. The molecule has 0 aliphatic heterocycles. The summed E-state index contributed by atoms with van der Waals surface area (Å²) in [6.07, 6.45) is 1.73. The quantitative estimate of drug-likeness (QED) is 0.392. The molecule has 4 nitrogen and oxygen atoms in total. The molecule has 0 saturated heterocycles. The highest BCUT2D eigenvalue weighted by Crippen LogP contribution is 2.27. The van der Waals surface area contributed by atoms with Crippen molar-refractivity contribution in [3.8, 4) is 0 Å². The van der Waals surface area contributed by atoms with Gasteiger partial charge in [-0.15, -0.1) is 0 Å². The molecule has 6 heteroatoms. The monoisotopic (exact) mass is 462 g/mol. The first kappa shape index (κ1) is 16.9. The summed E-state index contributed by atoms with van der Waals surface area (Å²) in [6, 6.07) is 8.51. The molecule has 1 unspecified atom stereocenters. The van der Waals surface area contributed by atoms with Crippen LogP contribution in [0.3, 0.4) is 0 Å². The lowest BCUT2D eigenvalue weighted by molar-refractivity contribution is 0.515. The SMILES string of the molecule is CCc1nn(CC)c(CC(NN)c2ccc(I)cc2)c1Br. The first-order valence-electron chi connectivity index (χ1n) is 7.06. The molecule has 21 heavy (non-hydrogen) atoms. The van der Waals surface area contributed by atoms with Gasteiger partial charge in [0, 0.05) is 16.5 Å². The first-order valence-corrected chi connectivity index (χ1v) is 8.93. The van der Waals surface area contributed by atoms with Gasteiger partial charge < -0.3 is 0 Å². The van der Waals surface area contributed by atoms with Crippen molar-refractivity contribution in [2.45, 2.75) is 39.3 Å². The highest BCUT2D eigenvalue weighted by Gasteiger charge is 2.19. The second kappa shape index (κ2) is 7.71. The smallest absolute Gasteiger partial charge is 0.0766 e. The maximum atomic E-state index is 5.77. The topological polar surface area (TPSA) is 55.9 Å². The Hall–Kier alpha value is -0.440. The van der Waals surface area contributed by atoms with Gasteiger partial charge >= 0.3 is 0 Å². The van der Waals surface area contributed by atoms with E-state index in [0.717, 1.165) is 29.6 Å². The maximum Gasteiger partial charge on any atom is 0.0766 e. The summed E-state index contributed by atoms with van der Waals surface area (Å²) in [4.78, 5) is 0. The number of hydrogen-bond donors (Lipinski definition) is 2. The number of benzene rings is 1. The van der Waals surface area contributed by atoms with Crippen LogP contribution in [0.4, 0.5) is 0 Å². The Bertz CT molecular complexity index is 594. The van der Waals surface area contributed by atoms with Gasteiger partial charge in [-0.3, -0.25) is 16.0 Å². The number of aryl methyl sites for hydroxylation is 2. The number of hydrazine groups is 1. The molecule has 0 aliphatic carbocycles. The van der Waals surface area contributed by atoms with Crippen molar-refractivity contribution in [1.82, 2.24) is 15.2 Å². The van der Waals surface area contributed by atoms with Gasteiger partial charge in [0.1, 0.15) is 0 Å². The summed E-state index contributed by atoms with van der Waals surface area (Å²) in [5.41, 5.74) is 6.41. The van der Waals surface area contributed by atoms with Gasteiger partial charge in [0.2, 0.25) is 0 Å². The van der Waals surface area contributed by atoms with E-state index in [2.05, 4.69) is 91.8 Å². The molecule has 0 bridgehead atoms. The van der Waals surface area contributed by atoms with Crippen molar-refractivity contribution in [1.29, 1.82) is 0 Å². The van der Waals surface area contributed by atoms with Crippen LogP contribution >= 0.6 is 38.5 Å². The molecule has 3 N–H and O–H groups in total. The highest BCUT2D eigenvalue weighted by molar-refractivity contribution is 14.1. The van der Waals surface area contributed by atoms with E-state index < -0.39 is 0 Å². The van der Waals surface area contributed by atoms with E-state index in [-0.39, 0.29) is 6.04 Å².